The summed E-state index contributed by atoms with van der Waals surface area (Å²) in [6, 6.07) is 9.78. The molecule has 3 aromatic rings. The van der Waals surface area contributed by atoms with Crippen molar-refractivity contribution in [3.63, 3.8) is 0 Å². The highest BCUT2D eigenvalue weighted by Gasteiger charge is 2.35. The molecule has 3 aromatic carbocycles. The van der Waals surface area contributed by atoms with Crippen molar-refractivity contribution in [1.82, 2.24) is 31.9 Å². The number of carboxylic acids is 1. The second-order valence-electron chi connectivity index (χ2n) is 15.3. The molecule has 1 unspecified atom stereocenters. The first-order valence-electron chi connectivity index (χ1n) is 20.6. The lowest BCUT2D eigenvalue weighted by molar-refractivity contribution is -0.142. The van der Waals surface area contributed by atoms with E-state index in [1.54, 1.807) is 26.0 Å². The molecule has 0 aromatic heterocycles. The van der Waals surface area contributed by atoms with Gasteiger partial charge in [-0.2, -0.15) is 12.6 Å². The fourth-order valence-electron chi connectivity index (χ4n) is 6.46. The summed E-state index contributed by atoms with van der Waals surface area (Å²) < 4.78 is 0. The van der Waals surface area contributed by atoms with Crippen LogP contribution in [0.15, 0.2) is 72.8 Å². The monoisotopic (exact) mass is 893 g/mol. The summed E-state index contributed by atoms with van der Waals surface area (Å²) in [6.07, 6.45) is 0.876. The van der Waals surface area contributed by atoms with Gasteiger partial charge in [0, 0.05) is 31.9 Å². The number of hydrogen-bond acceptors (Lipinski definition) is 12. The van der Waals surface area contributed by atoms with Crippen LogP contribution in [0.2, 0.25) is 0 Å². The van der Waals surface area contributed by atoms with E-state index in [0.29, 0.717) is 36.0 Å². The fraction of sp³-hybridized carbons (Fsp3) is 0.432. The highest BCUT2D eigenvalue weighted by Crippen LogP contribution is 2.16. The van der Waals surface area contributed by atoms with Crippen LogP contribution in [0.4, 0.5) is 0 Å². The average Bonchev–Trinajstić information content (AvgIpc) is 3.25. The van der Waals surface area contributed by atoms with Crippen LogP contribution in [-0.4, -0.2) is 110 Å². The van der Waals surface area contributed by atoms with Gasteiger partial charge in [0.25, 0.3) is 0 Å². The van der Waals surface area contributed by atoms with E-state index in [9.17, 15) is 54.0 Å². The van der Waals surface area contributed by atoms with Crippen LogP contribution in [-0.2, 0) is 52.8 Å². The Balaban J connectivity index is 1.95. The molecule has 12 N–H and O–H groups in total. The molecule has 0 fully saturated rings. The number of benzene rings is 3. The number of aliphatic carboxylic acids is 1. The Morgan fingerprint density at radius 3 is 1.33 bits per heavy atom. The number of carbonyl (C=O) groups is 7. The van der Waals surface area contributed by atoms with E-state index in [2.05, 4.69) is 44.5 Å². The standard InChI is InChI=1S/C44H59N7O11S/c1-4-25(2)38(51-42(59)37(24-63)46-26(3)52)43(60)49-35(22-28-10-16-31(54)17-11-28)40(57)47-33(7-5-6-20-45)39(56)48-34(21-27-8-14-30(53)15-9-27)41(58)50-36(44(61)62)23-29-12-18-32(55)19-13-29/h8-19,25,33-38,53-55,63H,4-7,20-24,45H2,1-3H3,(H,46,52)(H,47,57)(H,48,56)(H,49,60)(H,50,58)(H,51,59)(H,61,62)/t25?,33-,34-,35-,36-,37-,38-/m0/s1. The highest BCUT2D eigenvalue weighted by molar-refractivity contribution is 7.80. The van der Waals surface area contributed by atoms with Crippen molar-refractivity contribution in [2.45, 2.75) is 102 Å². The van der Waals surface area contributed by atoms with Gasteiger partial charge in [0.15, 0.2) is 0 Å². The van der Waals surface area contributed by atoms with Crippen LogP contribution in [0.3, 0.4) is 0 Å². The van der Waals surface area contributed by atoms with E-state index in [4.69, 9.17) is 5.73 Å². The number of phenols is 3. The normalized spacial score (nSPS) is 14.3. The number of amides is 6. The lowest BCUT2D eigenvalue weighted by Crippen LogP contribution is -2.61. The Morgan fingerprint density at radius 2 is 0.937 bits per heavy atom. The van der Waals surface area contributed by atoms with Gasteiger partial charge >= 0.3 is 5.97 Å². The zero-order valence-corrected chi connectivity index (χ0v) is 36.4. The van der Waals surface area contributed by atoms with E-state index in [-0.39, 0.29) is 55.2 Å². The summed E-state index contributed by atoms with van der Waals surface area (Å²) in [6.45, 7) is 5.03. The van der Waals surface area contributed by atoms with Crippen molar-refractivity contribution >= 4 is 54.0 Å². The summed E-state index contributed by atoms with van der Waals surface area (Å²) in [5, 5.41) is 55.2. The van der Waals surface area contributed by atoms with Crippen LogP contribution in [0.25, 0.3) is 0 Å². The first-order chi connectivity index (χ1) is 29.9. The largest absolute Gasteiger partial charge is 0.508 e. The molecule has 63 heavy (non-hydrogen) atoms. The van der Waals surface area contributed by atoms with Gasteiger partial charge in [0.05, 0.1) is 0 Å². The number of phenolic OH excluding ortho intramolecular Hbond substituents is 3. The van der Waals surface area contributed by atoms with Gasteiger partial charge < -0.3 is 58.1 Å². The first-order valence-corrected chi connectivity index (χ1v) is 21.2. The van der Waals surface area contributed by atoms with Crippen LogP contribution < -0.4 is 37.6 Å². The number of hydrogen-bond donors (Lipinski definition) is 12. The summed E-state index contributed by atoms with van der Waals surface area (Å²) in [4.78, 5) is 93.7. The summed E-state index contributed by atoms with van der Waals surface area (Å²) >= 11 is 4.16. The van der Waals surface area contributed by atoms with Crippen LogP contribution in [0.5, 0.6) is 17.2 Å². The molecule has 0 aliphatic heterocycles. The minimum absolute atomic E-state index is 0.0323. The summed E-state index contributed by atoms with van der Waals surface area (Å²) in [5.74, 6) is -6.33. The molecule has 3 rings (SSSR count). The zero-order chi connectivity index (χ0) is 46.6. The Labute approximate surface area is 371 Å². The van der Waals surface area contributed by atoms with Crippen LogP contribution >= 0.6 is 12.6 Å². The Hall–Kier alpha value is -6.34. The second kappa shape index (κ2) is 25.6. The molecule has 342 valence electrons. The Bertz CT molecular complexity index is 2000. The quantitative estimate of drug-likeness (QED) is 0.0418. The first kappa shape index (κ1) is 51.0. The lowest BCUT2D eigenvalue weighted by atomic mass is 9.96. The molecule has 18 nitrogen and oxygen atoms in total. The molecule has 0 saturated heterocycles. The topological polar surface area (TPSA) is 299 Å². The van der Waals surface area contributed by atoms with Crippen molar-refractivity contribution in [2.75, 3.05) is 12.3 Å². The lowest BCUT2D eigenvalue weighted by Gasteiger charge is -2.29. The van der Waals surface area contributed by atoms with Gasteiger partial charge in [0.2, 0.25) is 35.4 Å². The zero-order valence-electron chi connectivity index (χ0n) is 35.5. The van der Waals surface area contributed by atoms with E-state index < -0.39 is 83.6 Å². The van der Waals surface area contributed by atoms with Gasteiger partial charge in [-0.25, -0.2) is 4.79 Å². The van der Waals surface area contributed by atoms with Crippen molar-refractivity contribution in [3.8, 4) is 17.2 Å². The maximum Gasteiger partial charge on any atom is 0.326 e. The number of carbonyl (C=O) groups excluding carboxylic acids is 6. The molecule has 0 bridgehead atoms. The number of nitrogens with one attached hydrogen (secondary N) is 6. The third-order valence-electron chi connectivity index (χ3n) is 10.3. The van der Waals surface area contributed by atoms with Crippen LogP contribution in [0.1, 0.15) is 63.1 Å². The maximum atomic E-state index is 14.3. The van der Waals surface area contributed by atoms with E-state index in [1.807, 2.05) is 0 Å². The molecule has 0 heterocycles. The number of aromatic hydroxyl groups is 3. The van der Waals surface area contributed by atoms with Crippen LogP contribution in [0, 0.1) is 5.92 Å². The second-order valence-corrected chi connectivity index (χ2v) is 15.7. The number of carboxylic acid groups (broad SMARTS) is 1. The summed E-state index contributed by atoms with van der Waals surface area (Å²) in [5.41, 5.74) is 7.27. The fourth-order valence-corrected chi connectivity index (χ4v) is 6.71. The molecule has 0 aliphatic rings. The van der Waals surface area contributed by atoms with Crippen molar-refractivity contribution in [1.29, 1.82) is 0 Å². The molecule has 0 spiro atoms. The molecule has 19 heteroatoms. The number of rotatable bonds is 25. The minimum atomic E-state index is -1.44. The smallest absolute Gasteiger partial charge is 0.326 e. The predicted octanol–water partition coefficient (Wildman–Crippen LogP) is 0.950. The van der Waals surface area contributed by atoms with Gasteiger partial charge in [-0.1, -0.05) is 56.7 Å². The van der Waals surface area contributed by atoms with E-state index in [1.165, 1.54) is 67.6 Å². The maximum absolute atomic E-state index is 14.3. The van der Waals surface area contributed by atoms with Crippen molar-refractivity contribution < 1.29 is 54.0 Å². The molecular weight excluding hydrogens is 835 g/mol. The van der Waals surface area contributed by atoms with Crippen molar-refractivity contribution in [2.24, 2.45) is 11.7 Å². The number of nitrogens with two attached hydrogens (primary N) is 1. The average molecular weight is 894 g/mol. The predicted molar refractivity (Wildman–Crippen MR) is 237 cm³/mol. The molecular formula is C44H59N7O11S. The Morgan fingerprint density at radius 1 is 0.556 bits per heavy atom. The third-order valence-corrected chi connectivity index (χ3v) is 10.6. The van der Waals surface area contributed by atoms with Gasteiger partial charge in [0.1, 0.15) is 53.5 Å². The SMILES string of the molecule is CCC(C)[C@H](NC(=O)[C@H](CS)NC(C)=O)C(=O)N[C@@H](Cc1ccc(O)cc1)C(=O)N[C@@H](CCCCN)C(=O)N[C@@H](Cc1ccc(O)cc1)C(=O)N[C@@H](Cc1ccc(O)cc1)C(=O)O. The van der Waals surface area contributed by atoms with Gasteiger partial charge in [-0.3, -0.25) is 28.8 Å². The highest BCUT2D eigenvalue weighted by atomic mass is 32.1. The molecule has 7 atom stereocenters. The molecule has 0 aliphatic carbocycles. The number of thiol groups is 1. The minimum Gasteiger partial charge on any atom is -0.508 e. The van der Waals surface area contributed by atoms with E-state index in [0.717, 1.165) is 0 Å². The van der Waals surface area contributed by atoms with Gasteiger partial charge in [-0.15, -0.1) is 0 Å². The molecule has 6 amide bonds. The third kappa shape index (κ3) is 17.2. The van der Waals surface area contributed by atoms with E-state index >= 15 is 0 Å². The number of unbranched alkanes of at least 4 members (excludes halogenated alkanes) is 1. The Kier molecular flexibility index (Phi) is 20.7. The van der Waals surface area contributed by atoms with Gasteiger partial charge in [-0.05, 0) is 84.8 Å². The van der Waals surface area contributed by atoms with Crippen molar-refractivity contribution in [3.05, 3.63) is 89.5 Å². The molecule has 0 saturated carbocycles. The summed E-state index contributed by atoms with van der Waals surface area (Å²) in [7, 11) is 0. The molecule has 0 radical (unpaired) electrons.